The molecule has 0 radical (unpaired) electrons. The average Bonchev–Trinajstić information content (AvgIpc) is 2.88. The molecule has 1 aliphatic rings. The van der Waals surface area contributed by atoms with E-state index in [0.29, 0.717) is 6.54 Å². The van der Waals surface area contributed by atoms with Gasteiger partial charge in [-0.2, -0.15) is 0 Å². The van der Waals surface area contributed by atoms with Gasteiger partial charge in [0.25, 0.3) is 0 Å². The molecule has 0 bridgehead atoms. The third-order valence-corrected chi connectivity index (χ3v) is 4.59. The lowest BCUT2D eigenvalue weighted by atomic mass is 10.1. The summed E-state index contributed by atoms with van der Waals surface area (Å²) >= 11 is 0. The lowest BCUT2D eigenvalue weighted by Crippen LogP contribution is -2.35. The van der Waals surface area contributed by atoms with E-state index in [4.69, 9.17) is 5.11 Å². The fourth-order valence-electron chi connectivity index (χ4n) is 3.30. The number of rotatable bonds is 13. The van der Waals surface area contributed by atoms with Gasteiger partial charge in [-0.25, -0.2) is 9.37 Å². The van der Waals surface area contributed by atoms with Crippen LogP contribution >= 0.6 is 0 Å². The zero-order chi connectivity index (χ0) is 17.1. The summed E-state index contributed by atoms with van der Waals surface area (Å²) in [4.78, 5) is 12.9. The van der Waals surface area contributed by atoms with E-state index < -0.39 is 12.2 Å². The van der Waals surface area contributed by atoms with Crippen LogP contribution in [0.4, 0.5) is 0 Å². The monoisotopic (exact) mass is 344 g/mol. The number of aliphatic hydroxyl groups is 1. The van der Waals surface area contributed by atoms with Gasteiger partial charge in [0.1, 0.15) is 13.1 Å². The number of carboxylic acids is 1. The number of carboxylic acid groups (broad SMARTS) is 1. The molecule has 0 aliphatic carbocycles. The van der Waals surface area contributed by atoms with Gasteiger partial charge in [-0.3, -0.25) is 4.90 Å². The Kier molecular flexibility index (Phi) is 12.6. The van der Waals surface area contributed by atoms with Crippen LogP contribution < -0.4 is 0 Å². The van der Waals surface area contributed by atoms with E-state index in [1.807, 2.05) is 9.48 Å². The summed E-state index contributed by atoms with van der Waals surface area (Å²) in [7, 11) is 0. The largest absolute Gasteiger partial charge is 0.870 e. The van der Waals surface area contributed by atoms with Gasteiger partial charge >= 0.3 is 5.97 Å². The highest BCUT2D eigenvalue weighted by Gasteiger charge is 2.33. The summed E-state index contributed by atoms with van der Waals surface area (Å²) in [6, 6.07) is 0. The highest BCUT2D eigenvalue weighted by Crippen LogP contribution is 2.14. The first kappa shape index (κ1) is 22.9. The Balaban J connectivity index is 0.00000529. The van der Waals surface area contributed by atoms with Crippen LogP contribution in [0, 0.1) is 0 Å². The maximum Gasteiger partial charge on any atom is 0.345 e. The van der Waals surface area contributed by atoms with Crippen LogP contribution in [0.3, 0.4) is 0 Å². The van der Waals surface area contributed by atoms with Crippen LogP contribution in [0.25, 0.3) is 0 Å². The molecule has 0 aromatic rings. The van der Waals surface area contributed by atoms with Crippen LogP contribution in [-0.4, -0.2) is 62.8 Å². The van der Waals surface area contributed by atoms with E-state index in [9.17, 15) is 9.90 Å². The van der Waals surface area contributed by atoms with Crippen molar-refractivity contribution in [2.24, 2.45) is 0 Å². The molecule has 0 fully saturated rings. The van der Waals surface area contributed by atoms with Gasteiger partial charge in [-0.1, -0.05) is 58.3 Å². The molecule has 0 amide bonds. The Bertz CT molecular complexity index is 383. The van der Waals surface area contributed by atoms with Crippen LogP contribution in [-0.2, 0) is 4.79 Å². The fourth-order valence-corrected chi connectivity index (χ4v) is 3.30. The molecule has 1 aliphatic heterocycles. The molecule has 142 valence electrons. The second-order valence-electron chi connectivity index (χ2n) is 6.64. The van der Waals surface area contributed by atoms with Crippen molar-refractivity contribution in [3.63, 3.8) is 0 Å². The van der Waals surface area contributed by atoms with Crippen molar-refractivity contribution < 1.29 is 25.1 Å². The Morgan fingerprint density at radius 2 is 1.67 bits per heavy atom. The molecule has 0 saturated heterocycles. The molecule has 0 aromatic carbocycles. The zero-order valence-corrected chi connectivity index (χ0v) is 15.4. The Labute approximate surface area is 146 Å². The molecular weight excluding hydrogens is 308 g/mol. The number of aliphatic hydroxyl groups excluding tert-OH is 1. The van der Waals surface area contributed by atoms with Gasteiger partial charge in [0.05, 0.1) is 0 Å². The smallest absolute Gasteiger partial charge is 0.345 e. The molecule has 1 rings (SSSR count). The number of hydrogen-bond donors (Lipinski definition) is 2. The van der Waals surface area contributed by atoms with E-state index in [1.54, 1.807) is 6.92 Å². The molecule has 6 heteroatoms. The predicted molar refractivity (Wildman–Crippen MR) is 94.8 cm³/mol. The van der Waals surface area contributed by atoms with Crippen molar-refractivity contribution in [1.29, 1.82) is 0 Å². The number of aliphatic carboxylic acids is 1. The second-order valence-corrected chi connectivity index (χ2v) is 6.64. The summed E-state index contributed by atoms with van der Waals surface area (Å²) in [5.41, 5.74) is 0. The van der Waals surface area contributed by atoms with Crippen molar-refractivity contribution >= 4 is 11.8 Å². The van der Waals surface area contributed by atoms with Crippen molar-refractivity contribution in [3.05, 3.63) is 0 Å². The highest BCUT2D eigenvalue weighted by atomic mass is 16.4. The standard InChI is InChI=1S/C18H34N2O3.H2O/c1-3-4-5-6-7-8-9-10-11-12-17-19(15-18(22)23)13-14-20(17)16(2)21;/h16,21H,3-15H2,1-2H3;1H2. The fraction of sp³-hybridized carbons (Fsp3) is 0.889. The van der Waals surface area contributed by atoms with Gasteiger partial charge in [0.2, 0.25) is 5.84 Å². The van der Waals surface area contributed by atoms with Gasteiger partial charge in [0.15, 0.2) is 12.8 Å². The Morgan fingerprint density at radius 3 is 2.17 bits per heavy atom. The molecule has 24 heavy (non-hydrogen) atoms. The minimum absolute atomic E-state index is 0. The molecule has 0 aromatic heterocycles. The molecule has 0 saturated carbocycles. The molecule has 1 atom stereocenters. The van der Waals surface area contributed by atoms with Crippen LogP contribution in [0.15, 0.2) is 0 Å². The van der Waals surface area contributed by atoms with E-state index >= 15 is 0 Å². The number of nitrogens with zero attached hydrogens (tertiary/aromatic N) is 2. The summed E-state index contributed by atoms with van der Waals surface area (Å²) in [5, 5.41) is 18.9. The normalized spacial score (nSPS) is 15.5. The third kappa shape index (κ3) is 8.64. The second kappa shape index (κ2) is 13.2. The van der Waals surface area contributed by atoms with Gasteiger partial charge < -0.3 is 15.7 Å². The van der Waals surface area contributed by atoms with Gasteiger partial charge in [-0.15, -0.1) is 0 Å². The lowest BCUT2D eigenvalue weighted by Gasteiger charge is -2.12. The quantitative estimate of drug-likeness (QED) is 0.396. The maximum absolute atomic E-state index is 11.0. The minimum Gasteiger partial charge on any atom is -0.870 e. The Morgan fingerprint density at radius 1 is 1.12 bits per heavy atom. The first-order valence-corrected chi connectivity index (χ1v) is 9.33. The predicted octanol–water partition coefficient (Wildman–Crippen LogP) is 2.88. The molecule has 1 heterocycles. The first-order valence-electron chi connectivity index (χ1n) is 9.33. The Hall–Kier alpha value is -1.14. The minimum atomic E-state index is -0.804. The topological polar surface area (TPSA) is 93.8 Å². The number of carbonyl (C=O) groups is 1. The van der Waals surface area contributed by atoms with Crippen LogP contribution in [0.1, 0.15) is 78.1 Å². The highest BCUT2D eigenvalue weighted by molar-refractivity contribution is 5.83. The van der Waals surface area contributed by atoms with Gasteiger partial charge in [-0.05, 0) is 6.42 Å². The summed E-state index contributed by atoms with van der Waals surface area (Å²) in [6.45, 7) is 5.45. The van der Waals surface area contributed by atoms with Crippen molar-refractivity contribution in [3.8, 4) is 0 Å². The molecule has 0 spiro atoms. The average molecular weight is 344 g/mol. The van der Waals surface area contributed by atoms with Gasteiger partial charge in [0, 0.05) is 13.3 Å². The lowest BCUT2D eigenvalue weighted by molar-refractivity contribution is -0.597. The molecular formula is C18H36N2O4. The maximum atomic E-state index is 11.0. The van der Waals surface area contributed by atoms with E-state index in [0.717, 1.165) is 25.2 Å². The summed E-state index contributed by atoms with van der Waals surface area (Å²) in [5.74, 6) is 0.201. The zero-order valence-electron chi connectivity index (χ0n) is 15.4. The number of unbranched alkanes of at least 4 members (excludes halogenated alkanes) is 8. The van der Waals surface area contributed by atoms with Crippen molar-refractivity contribution in [2.45, 2.75) is 84.3 Å². The summed E-state index contributed by atoms with van der Waals surface area (Å²) in [6.07, 6.45) is 11.9. The molecule has 1 unspecified atom stereocenters. The van der Waals surface area contributed by atoms with Crippen molar-refractivity contribution in [1.82, 2.24) is 4.90 Å². The molecule has 3 N–H and O–H groups in total. The van der Waals surface area contributed by atoms with E-state index in [-0.39, 0.29) is 12.0 Å². The SMILES string of the molecule is CCCCCCCCCCCC1=[N+](C(C)O)CCN1CC(=O)O.[OH-]. The number of hydrogen-bond acceptors (Lipinski definition) is 4. The summed E-state index contributed by atoms with van der Waals surface area (Å²) < 4.78 is 1.94. The van der Waals surface area contributed by atoms with Crippen molar-refractivity contribution in [2.75, 3.05) is 19.6 Å². The van der Waals surface area contributed by atoms with Crippen LogP contribution in [0.2, 0.25) is 0 Å². The first-order chi connectivity index (χ1) is 11.1. The van der Waals surface area contributed by atoms with Crippen LogP contribution in [0.5, 0.6) is 0 Å². The third-order valence-electron chi connectivity index (χ3n) is 4.59. The number of amidine groups is 1. The van der Waals surface area contributed by atoms with E-state index in [2.05, 4.69) is 6.92 Å². The van der Waals surface area contributed by atoms with E-state index in [1.165, 1.54) is 51.4 Å². The molecule has 6 nitrogen and oxygen atoms in total.